The van der Waals surface area contributed by atoms with Gasteiger partial charge in [-0.05, 0) is 57.8 Å². The molecule has 0 N–H and O–H groups in total. The van der Waals surface area contributed by atoms with E-state index < -0.39 is 0 Å². The highest BCUT2D eigenvalue weighted by Crippen LogP contribution is 2.35. The van der Waals surface area contributed by atoms with E-state index in [-0.39, 0.29) is 36.3 Å². The van der Waals surface area contributed by atoms with Gasteiger partial charge in [-0.15, -0.1) is 0 Å². The van der Waals surface area contributed by atoms with Crippen LogP contribution in [0.3, 0.4) is 0 Å². The van der Waals surface area contributed by atoms with Crippen molar-refractivity contribution in [3.05, 3.63) is 40.4 Å². The van der Waals surface area contributed by atoms with Crippen molar-refractivity contribution in [2.75, 3.05) is 32.8 Å². The molecule has 1 atom stereocenters. The molecule has 1 aromatic heterocycles. The third-order valence-electron chi connectivity index (χ3n) is 6.94. The number of hydrogen-bond acceptors (Lipinski definition) is 6. The van der Waals surface area contributed by atoms with E-state index in [0.717, 1.165) is 38.8 Å². The molecule has 4 rings (SSSR count). The molecule has 8 nitrogen and oxygen atoms in total. The number of rotatable bonds is 11. The molecular weight excluding hydrogens is 432 g/mol. The molecule has 1 aliphatic carbocycles. The number of likely N-dealkylation sites (N-methyl/N-ethyl adjacent to an activating group) is 1. The number of carbonyl (C=O) groups is 2. The number of aryl methyl sites for hydroxylation is 1. The molecule has 2 fully saturated rings. The minimum Gasteiger partial charge on any atom is -0.466 e. The largest absolute Gasteiger partial charge is 0.466 e. The fraction of sp³-hybridized carbons (Fsp3) is 0.615. The molecule has 34 heavy (non-hydrogen) atoms. The van der Waals surface area contributed by atoms with E-state index in [2.05, 4.69) is 11.8 Å². The zero-order valence-corrected chi connectivity index (χ0v) is 20.4. The number of benzene rings is 1. The van der Waals surface area contributed by atoms with Crippen LogP contribution < -0.4 is 5.56 Å². The summed E-state index contributed by atoms with van der Waals surface area (Å²) in [5.74, 6) is 0.399. The molecule has 8 heteroatoms. The van der Waals surface area contributed by atoms with Gasteiger partial charge in [0.15, 0.2) is 0 Å². The number of hydrogen-bond donors (Lipinski definition) is 0. The van der Waals surface area contributed by atoms with Gasteiger partial charge in [-0.1, -0.05) is 19.1 Å². The predicted octanol–water partition coefficient (Wildman–Crippen LogP) is 2.93. The Hall–Kier alpha value is -2.74. The smallest absolute Gasteiger partial charge is 0.307 e. The van der Waals surface area contributed by atoms with Crippen LogP contribution in [-0.4, -0.2) is 70.1 Å². The Morgan fingerprint density at radius 3 is 2.68 bits per heavy atom. The maximum absolute atomic E-state index is 13.4. The lowest BCUT2D eigenvalue weighted by molar-refractivity contribution is -0.144. The van der Waals surface area contributed by atoms with Gasteiger partial charge < -0.3 is 9.64 Å². The number of para-hydroxylation sites is 1. The maximum Gasteiger partial charge on any atom is 0.307 e. The highest BCUT2D eigenvalue weighted by atomic mass is 16.5. The minimum absolute atomic E-state index is 0.00277. The number of esters is 1. The molecule has 184 valence electrons. The summed E-state index contributed by atoms with van der Waals surface area (Å²) < 4.78 is 6.88. The van der Waals surface area contributed by atoms with Crippen molar-refractivity contribution >= 4 is 22.8 Å². The first-order chi connectivity index (χ1) is 16.5. The summed E-state index contributed by atoms with van der Waals surface area (Å²) in [5, 5.41) is 0.626. The first-order valence-electron chi connectivity index (χ1n) is 12.7. The Morgan fingerprint density at radius 2 is 1.94 bits per heavy atom. The molecule has 1 unspecified atom stereocenters. The van der Waals surface area contributed by atoms with Crippen molar-refractivity contribution in [3.63, 3.8) is 0 Å². The maximum atomic E-state index is 13.4. The molecule has 0 bridgehead atoms. The molecule has 1 saturated carbocycles. The van der Waals surface area contributed by atoms with E-state index in [1.807, 2.05) is 29.2 Å². The predicted molar refractivity (Wildman–Crippen MR) is 131 cm³/mol. The minimum atomic E-state index is -0.280. The Bertz CT molecular complexity index is 1080. The quantitative estimate of drug-likeness (QED) is 0.472. The van der Waals surface area contributed by atoms with Gasteiger partial charge in [0.25, 0.3) is 5.56 Å². The summed E-state index contributed by atoms with van der Waals surface area (Å²) in [6.07, 6.45) is 5.01. The lowest BCUT2D eigenvalue weighted by atomic mass is 10.1. The summed E-state index contributed by atoms with van der Waals surface area (Å²) in [5.41, 5.74) is 0.662. The number of carbonyl (C=O) groups excluding carboxylic acids is 2. The van der Waals surface area contributed by atoms with Crippen LogP contribution in [0.2, 0.25) is 0 Å². The zero-order valence-electron chi connectivity index (χ0n) is 20.4. The Labute approximate surface area is 200 Å². The summed E-state index contributed by atoms with van der Waals surface area (Å²) in [6.45, 7) is 7.25. The van der Waals surface area contributed by atoms with Crippen LogP contribution in [0.4, 0.5) is 0 Å². The molecule has 1 aliphatic heterocycles. The molecule has 1 amide bonds. The summed E-state index contributed by atoms with van der Waals surface area (Å²) in [4.78, 5) is 47.4. The van der Waals surface area contributed by atoms with Crippen LogP contribution in [0.15, 0.2) is 29.1 Å². The molecule has 1 saturated heterocycles. The Morgan fingerprint density at radius 1 is 1.15 bits per heavy atom. The fourth-order valence-corrected chi connectivity index (χ4v) is 5.00. The topological polar surface area (TPSA) is 84.7 Å². The molecule has 1 aromatic carbocycles. The third kappa shape index (κ3) is 5.66. The molecule has 0 radical (unpaired) electrons. The van der Waals surface area contributed by atoms with Gasteiger partial charge in [0.2, 0.25) is 5.91 Å². The van der Waals surface area contributed by atoms with E-state index in [0.29, 0.717) is 48.9 Å². The average Bonchev–Trinajstić information content (AvgIpc) is 3.57. The van der Waals surface area contributed by atoms with Crippen LogP contribution in [-0.2, 0) is 20.7 Å². The SMILES string of the molecule is CCOC(=O)CCN(CC1CCCN1CC)C(=O)CCc1nc2ccccc2c(=O)n1C1CC1. The van der Waals surface area contributed by atoms with Gasteiger partial charge in [-0.3, -0.25) is 23.9 Å². The highest BCUT2D eigenvalue weighted by Gasteiger charge is 2.30. The van der Waals surface area contributed by atoms with Gasteiger partial charge in [0.05, 0.1) is 23.9 Å². The second-order valence-corrected chi connectivity index (χ2v) is 9.27. The second kappa shape index (κ2) is 11.1. The number of nitrogens with zero attached hydrogens (tertiary/aromatic N) is 4. The summed E-state index contributed by atoms with van der Waals surface area (Å²) in [7, 11) is 0. The van der Waals surface area contributed by atoms with Crippen LogP contribution in [0.5, 0.6) is 0 Å². The summed E-state index contributed by atoms with van der Waals surface area (Å²) >= 11 is 0. The molecular formula is C26H36N4O4. The lowest BCUT2D eigenvalue weighted by Crippen LogP contribution is -2.44. The molecule has 0 spiro atoms. The van der Waals surface area contributed by atoms with E-state index >= 15 is 0 Å². The van der Waals surface area contributed by atoms with E-state index in [1.54, 1.807) is 11.5 Å². The van der Waals surface area contributed by atoms with E-state index in [9.17, 15) is 14.4 Å². The number of fused-ring (bicyclic) bond motifs is 1. The van der Waals surface area contributed by atoms with Crippen molar-refractivity contribution in [1.29, 1.82) is 0 Å². The fourth-order valence-electron chi connectivity index (χ4n) is 5.00. The van der Waals surface area contributed by atoms with Crippen molar-refractivity contribution in [3.8, 4) is 0 Å². The standard InChI is InChI=1S/C26H36N4O4/c1-3-28-16-7-8-20(28)18-29(17-15-25(32)34-4-2)24(31)14-13-23-27-22-10-6-5-9-21(22)26(33)30(23)19-11-12-19/h5-6,9-10,19-20H,3-4,7-8,11-18H2,1-2H3. The zero-order chi connectivity index (χ0) is 24.1. The van der Waals surface area contributed by atoms with Gasteiger partial charge in [-0.2, -0.15) is 0 Å². The van der Waals surface area contributed by atoms with Crippen molar-refractivity contribution in [2.45, 2.75) is 70.9 Å². The second-order valence-electron chi connectivity index (χ2n) is 9.27. The van der Waals surface area contributed by atoms with Gasteiger partial charge in [0.1, 0.15) is 5.82 Å². The van der Waals surface area contributed by atoms with Crippen LogP contribution >= 0.6 is 0 Å². The van der Waals surface area contributed by atoms with Gasteiger partial charge in [-0.25, -0.2) is 4.98 Å². The Kier molecular flexibility index (Phi) is 7.98. The van der Waals surface area contributed by atoms with Gasteiger partial charge in [0, 0.05) is 38.0 Å². The number of aromatic nitrogens is 2. The van der Waals surface area contributed by atoms with E-state index in [4.69, 9.17) is 9.72 Å². The molecule has 2 aromatic rings. The average molecular weight is 469 g/mol. The number of amides is 1. The number of likely N-dealkylation sites (tertiary alicyclic amines) is 1. The van der Waals surface area contributed by atoms with Crippen LogP contribution in [0, 0.1) is 0 Å². The first-order valence-corrected chi connectivity index (χ1v) is 12.7. The third-order valence-corrected chi connectivity index (χ3v) is 6.94. The monoisotopic (exact) mass is 468 g/mol. The van der Waals surface area contributed by atoms with Crippen molar-refractivity contribution in [1.82, 2.24) is 19.4 Å². The summed E-state index contributed by atoms with van der Waals surface area (Å²) in [6, 6.07) is 7.91. The Balaban J connectivity index is 1.49. The first kappa shape index (κ1) is 24.4. The van der Waals surface area contributed by atoms with E-state index in [1.165, 1.54) is 0 Å². The van der Waals surface area contributed by atoms with Crippen LogP contribution in [0.1, 0.15) is 64.2 Å². The normalized spacial score (nSPS) is 18.4. The van der Waals surface area contributed by atoms with Gasteiger partial charge >= 0.3 is 5.97 Å². The lowest BCUT2D eigenvalue weighted by Gasteiger charge is -2.30. The van der Waals surface area contributed by atoms with Crippen LogP contribution in [0.25, 0.3) is 10.9 Å². The molecule has 2 aliphatic rings. The van der Waals surface area contributed by atoms with Crippen molar-refractivity contribution < 1.29 is 14.3 Å². The molecule has 2 heterocycles. The highest BCUT2D eigenvalue weighted by molar-refractivity contribution is 5.79. The van der Waals surface area contributed by atoms with Crippen molar-refractivity contribution in [2.24, 2.45) is 0 Å². The number of ether oxygens (including phenoxy) is 1.